The second kappa shape index (κ2) is 10.8. The summed E-state index contributed by atoms with van der Waals surface area (Å²) >= 11 is 0. The number of rotatable bonds is 8. The van der Waals surface area contributed by atoms with Crippen LogP contribution in [0.3, 0.4) is 0 Å². The number of ether oxygens (including phenoxy) is 1. The van der Waals surface area contributed by atoms with Crippen LogP contribution in [0, 0.1) is 23.2 Å². The van der Waals surface area contributed by atoms with Gasteiger partial charge in [0, 0.05) is 31.0 Å². The minimum absolute atomic E-state index is 0.234. The Hall–Kier alpha value is -4.19. The van der Waals surface area contributed by atoms with Gasteiger partial charge in [-0.25, -0.2) is 19.1 Å². The SMILES string of the molecule is C=CC1CCC(Cn2c(Nc3ccc(Oc4ccc(C#N)cn4)cc3)nc(=O)n(CC)c2=O)CC1. The van der Waals surface area contributed by atoms with Gasteiger partial charge in [-0.05, 0) is 74.8 Å². The van der Waals surface area contributed by atoms with Gasteiger partial charge in [0.25, 0.3) is 0 Å². The van der Waals surface area contributed by atoms with Crippen molar-refractivity contribution >= 4 is 11.6 Å². The highest BCUT2D eigenvalue weighted by molar-refractivity contribution is 5.54. The van der Waals surface area contributed by atoms with E-state index < -0.39 is 5.69 Å². The van der Waals surface area contributed by atoms with Crippen molar-refractivity contribution in [3.05, 3.63) is 81.8 Å². The van der Waals surface area contributed by atoms with Crippen LogP contribution in [0.15, 0.2) is 64.8 Å². The summed E-state index contributed by atoms with van der Waals surface area (Å²) in [4.78, 5) is 33.8. The molecule has 1 N–H and O–H groups in total. The highest BCUT2D eigenvalue weighted by Gasteiger charge is 2.22. The first-order valence-corrected chi connectivity index (χ1v) is 11.8. The molecule has 1 aliphatic rings. The first-order chi connectivity index (χ1) is 17.0. The lowest BCUT2D eigenvalue weighted by Crippen LogP contribution is -2.43. The van der Waals surface area contributed by atoms with Crippen LogP contribution in [0.5, 0.6) is 11.6 Å². The van der Waals surface area contributed by atoms with E-state index in [1.54, 1.807) is 47.9 Å². The molecule has 180 valence electrons. The van der Waals surface area contributed by atoms with E-state index in [-0.39, 0.29) is 18.2 Å². The Morgan fingerprint density at radius 1 is 1.14 bits per heavy atom. The second-order valence-electron chi connectivity index (χ2n) is 8.62. The van der Waals surface area contributed by atoms with Crippen molar-refractivity contribution in [2.24, 2.45) is 11.8 Å². The van der Waals surface area contributed by atoms with E-state index in [0.29, 0.717) is 41.3 Å². The smallest absolute Gasteiger partial charge is 0.354 e. The molecule has 9 nitrogen and oxygen atoms in total. The van der Waals surface area contributed by atoms with Crippen LogP contribution in [0.4, 0.5) is 11.6 Å². The highest BCUT2D eigenvalue weighted by Crippen LogP contribution is 2.30. The second-order valence-corrected chi connectivity index (χ2v) is 8.62. The number of pyridine rings is 1. The van der Waals surface area contributed by atoms with Crippen LogP contribution in [0.1, 0.15) is 38.2 Å². The van der Waals surface area contributed by atoms with E-state index in [1.807, 2.05) is 12.1 Å². The molecule has 9 heteroatoms. The van der Waals surface area contributed by atoms with E-state index in [0.717, 1.165) is 30.3 Å². The first kappa shape index (κ1) is 24.0. The molecule has 2 heterocycles. The number of aromatic nitrogens is 4. The molecule has 1 aliphatic carbocycles. The summed E-state index contributed by atoms with van der Waals surface area (Å²) in [6.45, 7) is 6.43. The molecule has 35 heavy (non-hydrogen) atoms. The largest absolute Gasteiger partial charge is 0.439 e. The van der Waals surface area contributed by atoms with Gasteiger partial charge in [-0.3, -0.25) is 4.57 Å². The zero-order chi connectivity index (χ0) is 24.8. The summed E-state index contributed by atoms with van der Waals surface area (Å²) in [6, 6.07) is 12.3. The summed E-state index contributed by atoms with van der Waals surface area (Å²) in [6.07, 6.45) is 7.58. The lowest BCUT2D eigenvalue weighted by molar-refractivity contribution is 0.276. The molecular weight excluding hydrogens is 444 g/mol. The van der Waals surface area contributed by atoms with Gasteiger partial charge in [-0.2, -0.15) is 10.2 Å². The van der Waals surface area contributed by atoms with Gasteiger partial charge in [-0.1, -0.05) is 6.08 Å². The Morgan fingerprint density at radius 2 is 1.89 bits per heavy atom. The number of nitriles is 1. The van der Waals surface area contributed by atoms with Crippen molar-refractivity contribution in [1.29, 1.82) is 5.26 Å². The summed E-state index contributed by atoms with van der Waals surface area (Å²) in [5.74, 6) is 2.03. The van der Waals surface area contributed by atoms with Crippen LogP contribution in [-0.4, -0.2) is 19.1 Å². The number of nitrogens with zero attached hydrogens (tertiary/aromatic N) is 5. The van der Waals surface area contributed by atoms with Gasteiger partial charge in [0.2, 0.25) is 11.8 Å². The summed E-state index contributed by atoms with van der Waals surface area (Å²) in [5, 5.41) is 12.0. The summed E-state index contributed by atoms with van der Waals surface area (Å²) in [7, 11) is 0. The van der Waals surface area contributed by atoms with Gasteiger partial charge in [0.15, 0.2) is 0 Å². The molecule has 3 aromatic rings. The monoisotopic (exact) mass is 472 g/mol. The molecular formula is C26H28N6O3. The van der Waals surface area contributed by atoms with E-state index in [1.165, 1.54) is 6.20 Å². The van der Waals surface area contributed by atoms with Crippen molar-refractivity contribution < 1.29 is 4.74 Å². The topological polar surface area (TPSA) is 115 Å². The zero-order valence-electron chi connectivity index (χ0n) is 19.7. The molecule has 0 bridgehead atoms. The van der Waals surface area contributed by atoms with Crippen LogP contribution in [-0.2, 0) is 13.1 Å². The number of benzene rings is 1. The number of hydrogen-bond donors (Lipinski definition) is 1. The Balaban J connectivity index is 1.53. The molecule has 0 spiro atoms. The average molecular weight is 473 g/mol. The molecule has 4 rings (SSSR count). The van der Waals surface area contributed by atoms with Gasteiger partial charge >= 0.3 is 11.4 Å². The Labute approximate surface area is 203 Å². The van der Waals surface area contributed by atoms with Crippen molar-refractivity contribution in [1.82, 2.24) is 19.1 Å². The predicted octanol–water partition coefficient (Wildman–Crippen LogP) is 4.22. The van der Waals surface area contributed by atoms with Gasteiger partial charge in [0.1, 0.15) is 11.8 Å². The highest BCUT2D eigenvalue weighted by atomic mass is 16.5. The molecule has 1 aromatic carbocycles. The van der Waals surface area contributed by atoms with E-state index >= 15 is 0 Å². The molecule has 1 fully saturated rings. The van der Waals surface area contributed by atoms with Crippen molar-refractivity contribution in [2.75, 3.05) is 5.32 Å². The Kier molecular flexibility index (Phi) is 7.41. The van der Waals surface area contributed by atoms with Crippen LogP contribution < -0.4 is 21.4 Å². The van der Waals surface area contributed by atoms with Crippen LogP contribution in [0.2, 0.25) is 0 Å². The Bertz CT molecular complexity index is 1330. The molecule has 0 atom stereocenters. The van der Waals surface area contributed by atoms with Crippen LogP contribution >= 0.6 is 0 Å². The summed E-state index contributed by atoms with van der Waals surface area (Å²) < 4.78 is 8.45. The van der Waals surface area contributed by atoms with Gasteiger partial charge in [-0.15, -0.1) is 6.58 Å². The molecule has 2 aromatic heterocycles. The maximum absolute atomic E-state index is 13.1. The fraction of sp³-hybridized carbons (Fsp3) is 0.346. The third-order valence-electron chi connectivity index (χ3n) is 6.33. The molecule has 0 radical (unpaired) electrons. The van der Waals surface area contributed by atoms with Gasteiger partial charge < -0.3 is 10.1 Å². The normalized spacial score (nSPS) is 17.4. The third-order valence-corrected chi connectivity index (χ3v) is 6.33. The van der Waals surface area contributed by atoms with Crippen molar-refractivity contribution in [3.8, 4) is 17.7 Å². The van der Waals surface area contributed by atoms with Crippen molar-refractivity contribution in [3.63, 3.8) is 0 Å². The fourth-order valence-electron chi connectivity index (χ4n) is 4.29. The molecule has 0 saturated heterocycles. The van der Waals surface area contributed by atoms with Crippen molar-refractivity contribution in [2.45, 2.75) is 45.7 Å². The zero-order valence-corrected chi connectivity index (χ0v) is 19.7. The fourth-order valence-corrected chi connectivity index (χ4v) is 4.29. The quantitative estimate of drug-likeness (QED) is 0.488. The lowest BCUT2D eigenvalue weighted by atomic mass is 9.82. The minimum Gasteiger partial charge on any atom is -0.439 e. The number of allylic oxidation sites excluding steroid dienone is 1. The average Bonchev–Trinajstić information content (AvgIpc) is 2.88. The summed E-state index contributed by atoms with van der Waals surface area (Å²) in [5.41, 5.74) is 0.190. The van der Waals surface area contributed by atoms with E-state index in [9.17, 15) is 9.59 Å². The molecule has 0 amide bonds. The molecule has 0 aliphatic heterocycles. The van der Waals surface area contributed by atoms with Gasteiger partial charge in [0.05, 0.1) is 5.56 Å². The maximum atomic E-state index is 13.1. The van der Waals surface area contributed by atoms with E-state index in [4.69, 9.17) is 10.00 Å². The third kappa shape index (κ3) is 5.66. The predicted molar refractivity (Wildman–Crippen MR) is 133 cm³/mol. The molecule has 0 unspecified atom stereocenters. The maximum Gasteiger partial charge on any atom is 0.354 e. The van der Waals surface area contributed by atoms with Crippen LogP contribution in [0.25, 0.3) is 0 Å². The number of anilines is 2. The standard InChI is InChI=1S/C26H28N6O3/c1-3-18-5-7-19(8-6-18)17-32-24(30-25(33)31(4-2)26(32)34)29-21-10-12-22(13-11-21)35-23-14-9-20(15-27)16-28-23/h3,9-14,16,18-19H,1,4-8,17H2,2H3,(H,29,30,33). The van der Waals surface area contributed by atoms with E-state index in [2.05, 4.69) is 21.9 Å². The number of nitrogens with one attached hydrogen (secondary N) is 1. The number of hydrogen-bond acceptors (Lipinski definition) is 7. The first-order valence-electron chi connectivity index (χ1n) is 11.8. The minimum atomic E-state index is -0.571. The molecule has 1 saturated carbocycles. The lowest BCUT2D eigenvalue weighted by Gasteiger charge is -2.27. The Morgan fingerprint density at radius 3 is 2.49 bits per heavy atom.